The second kappa shape index (κ2) is 7.12. The molecule has 0 atom stereocenters. The molecular weight excluding hydrogens is 258 g/mol. The van der Waals surface area contributed by atoms with Gasteiger partial charge in [0.25, 0.3) is 0 Å². The van der Waals surface area contributed by atoms with Crippen molar-refractivity contribution < 1.29 is 4.21 Å². The molecule has 1 aromatic rings. The molecule has 4 nitrogen and oxygen atoms in total. The average molecular weight is 281 g/mol. The molecule has 1 aromatic heterocycles. The molecule has 1 aliphatic heterocycles. The Kier molecular flexibility index (Phi) is 5.48. The van der Waals surface area contributed by atoms with Gasteiger partial charge in [0.1, 0.15) is 0 Å². The van der Waals surface area contributed by atoms with Gasteiger partial charge in [-0.25, -0.2) is 0 Å². The quantitative estimate of drug-likeness (QED) is 0.879. The van der Waals surface area contributed by atoms with Gasteiger partial charge >= 0.3 is 0 Å². The predicted molar refractivity (Wildman–Crippen MR) is 79.4 cm³/mol. The molecule has 0 spiro atoms. The maximum atomic E-state index is 11.3. The zero-order valence-electron chi connectivity index (χ0n) is 11.8. The zero-order valence-corrected chi connectivity index (χ0v) is 12.6. The largest absolute Gasteiger partial charge is 0.309 e. The lowest BCUT2D eigenvalue weighted by atomic mass is 10.2. The Balaban J connectivity index is 1.89. The SMILES string of the molecule is CC(C)NCc1cccc(CN2CCS(=O)CC2)n1. The Morgan fingerprint density at radius 3 is 2.68 bits per heavy atom. The highest BCUT2D eigenvalue weighted by molar-refractivity contribution is 7.85. The molecule has 2 heterocycles. The molecule has 0 radical (unpaired) electrons. The molecule has 1 saturated heterocycles. The van der Waals surface area contributed by atoms with Crippen LogP contribution in [0.2, 0.25) is 0 Å². The molecular formula is C14H23N3OS. The van der Waals surface area contributed by atoms with Crippen molar-refractivity contribution in [2.75, 3.05) is 24.6 Å². The van der Waals surface area contributed by atoms with E-state index in [-0.39, 0.29) is 0 Å². The molecule has 0 aromatic carbocycles. The van der Waals surface area contributed by atoms with Crippen molar-refractivity contribution in [3.8, 4) is 0 Å². The minimum Gasteiger partial charge on any atom is -0.309 e. The molecule has 106 valence electrons. The highest BCUT2D eigenvalue weighted by atomic mass is 32.2. The van der Waals surface area contributed by atoms with E-state index in [2.05, 4.69) is 47.2 Å². The molecule has 1 N–H and O–H groups in total. The summed E-state index contributed by atoms with van der Waals surface area (Å²) in [5, 5.41) is 3.38. The molecule has 0 saturated carbocycles. The minimum atomic E-state index is -0.604. The summed E-state index contributed by atoms with van der Waals surface area (Å²) in [5.74, 6) is 1.60. The van der Waals surface area contributed by atoms with Gasteiger partial charge in [0.2, 0.25) is 0 Å². The Labute approximate surface area is 118 Å². The first kappa shape index (κ1) is 14.6. The molecule has 1 fully saturated rings. The van der Waals surface area contributed by atoms with Gasteiger partial charge in [-0.3, -0.25) is 14.1 Å². The van der Waals surface area contributed by atoms with Crippen molar-refractivity contribution in [2.24, 2.45) is 0 Å². The van der Waals surface area contributed by atoms with E-state index in [9.17, 15) is 4.21 Å². The van der Waals surface area contributed by atoms with Gasteiger partial charge in [0.15, 0.2) is 0 Å². The van der Waals surface area contributed by atoms with Crippen molar-refractivity contribution in [3.63, 3.8) is 0 Å². The fourth-order valence-electron chi connectivity index (χ4n) is 2.09. The van der Waals surface area contributed by atoms with E-state index in [4.69, 9.17) is 0 Å². The van der Waals surface area contributed by atoms with Crippen LogP contribution in [-0.4, -0.2) is 44.7 Å². The summed E-state index contributed by atoms with van der Waals surface area (Å²) in [6, 6.07) is 6.68. The van der Waals surface area contributed by atoms with E-state index in [1.165, 1.54) is 0 Å². The van der Waals surface area contributed by atoms with Crippen LogP contribution >= 0.6 is 0 Å². The zero-order chi connectivity index (χ0) is 13.7. The van der Waals surface area contributed by atoms with E-state index in [1.54, 1.807) is 0 Å². The standard InChI is InChI=1S/C14H23N3OS/c1-12(2)15-10-13-4-3-5-14(16-13)11-17-6-8-19(18)9-7-17/h3-5,12,15H,6-11H2,1-2H3. The summed E-state index contributed by atoms with van der Waals surface area (Å²) >= 11 is 0. The first-order chi connectivity index (χ1) is 9.13. The summed E-state index contributed by atoms with van der Waals surface area (Å²) in [4.78, 5) is 7.01. The highest BCUT2D eigenvalue weighted by Crippen LogP contribution is 2.07. The van der Waals surface area contributed by atoms with Gasteiger partial charge in [0, 0.05) is 54.5 Å². The number of hydrogen-bond acceptors (Lipinski definition) is 4. The molecule has 0 unspecified atom stereocenters. The highest BCUT2D eigenvalue weighted by Gasteiger charge is 2.15. The number of pyridine rings is 1. The third kappa shape index (κ3) is 5.01. The van der Waals surface area contributed by atoms with Crippen LogP contribution in [0.5, 0.6) is 0 Å². The summed E-state index contributed by atoms with van der Waals surface area (Å²) in [7, 11) is -0.604. The smallest absolute Gasteiger partial charge is 0.0547 e. The summed E-state index contributed by atoms with van der Waals surface area (Å²) in [6.07, 6.45) is 0. The second-order valence-electron chi connectivity index (χ2n) is 5.28. The van der Waals surface area contributed by atoms with Crippen molar-refractivity contribution in [3.05, 3.63) is 29.6 Å². The van der Waals surface area contributed by atoms with Crippen molar-refractivity contribution in [1.82, 2.24) is 15.2 Å². The molecule has 2 rings (SSSR count). The molecule has 0 aliphatic carbocycles. The van der Waals surface area contributed by atoms with Crippen LogP contribution in [0.25, 0.3) is 0 Å². The van der Waals surface area contributed by atoms with Crippen LogP contribution in [0.4, 0.5) is 0 Å². The van der Waals surface area contributed by atoms with Gasteiger partial charge < -0.3 is 5.32 Å². The van der Waals surface area contributed by atoms with Gasteiger partial charge in [-0.15, -0.1) is 0 Å². The fraction of sp³-hybridized carbons (Fsp3) is 0.643. The lowest BCUT2D eigenvalue weighted by molar-refractivity contribution is 0.287. The normalized spacial score (nSPS) is 18.1. The number of aromatic nitrogens is 1. The number of nitrogens with zero attached hydrogens (tertiary/aromatic N) is 2. The van der Waals surface area contributed by atoms with Crippen LogP contribution < -0.4 is 5.32 Å². The van der Waals surface area contributed by atoms with Gasteiger partial charge in [0.05, 0.1) is 11.4 Å². The Bertz CT molecular complexity index is 426. The Morgan fingerprint density at radius 2 is 2.00 bits per heavy atom. The number of rotatable bonds is 5. The number of nitrogens with one attached hydrogen (secondary N) is 1. The lowest BCUT2D eigenvalue weighted by Gasteiger charge is -2.25. The fourth-order valence-corrected chi connectivity index (χ4v) is 3.22. The predicted octanol–water partition coefficient (Wildman–Crippen LogP) is 1.14. The van der Waals surface area contributed by atoms with Crippen LogP contribution in [0, 0.1) is 0 Å². The molecule has 0 amide bonds. The third-order valence-electron chi connectivity index (χ3n) is 3.21. The van der Waals surface area contributed by atoms with Crippen LogP contribution in [0.1, 0.15) is 25.2 Å². The van der Waals surface area contributed by atoms with E-state index in [0.29, 0.717) is 6.04 Å². The molecule has 19 heavy (non-hydrogen) atoms. The van der Waals surface area contributed by atoms with E-state index in [1.807, 2.05) is 0 Å². The molecule has 1 aliphatic rings. The van der Waals surface area contributed by atoms with Crippen LogP contribution in [0.15, 0.2) is 18.2 Å². The van der Waals surface area contributed by atoms with E-state index >= 15 is 0 Å². The van der Waals surface area contributed by atoms with Crippen molar-refractivity contribution in [1.29, 1.82) is 0 Å². The topological polar surface area (TPSA) is 45.2 Å². The first-order valence-corrected chi connectivity index (χ1v) is 8.38. The summed E-state index contributed by atoms with van der Waals surface area (Å²) in [6.45, 7) is 7.79. The maximum absolute atomic E-state index is 11.3. The van der Waals surface area contributed by atoms with Gasteiger partial charge in [-0.05, 0) is 12.1 Å². The van der Waals surface area contributed by atoms with E-state index < -0.39 is 10.8 Å². The van der Waals surface area contributed by atoms with Crippen LogP contribution in [0.3, 0.4) is 0 Å². The Morgan fingerprint density at radius 1 is 1.32 bits per heavy atom. The number of hydrogen-bond donors (Lipinski definition) is 1. The lowest BCUT2D eigenvalue weighted by Crippen LogP contribution is -2.37. The molecule has 5 heteroatoms. The summed E-state index contributed by atoms with van der Waals surface area (Å²) < 4.78 is 11.3. The maximum Gasteiger partial charge on any atom is 0.0547 e. The molecule has 0 bridgehead atoms. The third-order valence-corrected chi connectivity index (χ3v) is 4.49. The van der Waals surface area contributed by atoms with Gasteiger partial charge in [-0.1, -0.05) is 19.9 Å². The Hall–Kier alpha value is -0.780. The summed E-state index contributed by atoms with van der Waals surface area (Å²) in [5.41, 5.74) is 2.20. The average Bonchev–Trinajstić information content (AvgIpc) is 2.40. The minimum absolute atomic E-state index is 0.475. The van der Waals surface area contributed by atoms with Gasteiger partial charge in [-0.2, -0.15) is 0 Å². The second-order valence-corrected chi connectivity index (χ2v) is 6.98. The van der Waals surface area contributed by atoms with Crippen molar-refractivity contribution >= 4 is 10.8 Å². The van der Waals surface area contributed by atoms with E-state index in [0.717, 1.165) is 49.1 Å². The first-order valence-electron chi connectivity index (χ1n) is 6.89. The van der Waals surface area contributed by atoms with Crippen LogP contribution in [-0.2, 0) is 23.9 Å². The monoisotopic (exact) mass is 281 g/mol. The van der Waals surface area contributed by atoms with Crippen molar-refractivity contribution in [2.45, 2.75) is 33.0 Å².